The normalized spacial score (nSPS) is 10.9. The van der Waals surface area contributed by atoms with E-state index in [0.29, 0.717) is 0 Å². The van der Waals surface area contributed by atoms with Crippen LogP contribution in [0.2, 0.25) is 0 Å². The predicted molar refractivity (Wildman–Crippen MR) is 85.0 cm³/mol. The molecule has 0 saturated carbocycles. The van der Waals surface area contributed by atoms with Crippen molar-refractivity contribution in [1.29, 1.82) is 0 Å². The number of nitrogen functional groups attached to an aromatic ring is 1. The number of rotatable bonds is 3. The summed E-state index contributed by atoms with van der Waals surface area (Å²) in [5, 5.41) is 4.63. The van der Waals surface area contributed by atoms with E-state index in [0.717, 1.165) is 22.8 Å². The summed E-state index contributed by atoms with van der Waals surface area (Å²) < 4.78 is 1.92. The molecule has 4 heteroatoms. The molecule has 2 aromatic heterocycles. The van der Waals surface area contributed by atoms with Gasteiger partial charge in [-0.2, -0.15) is 5.10 Å². The molecule has 0 unspecified atom stereocenters. The number of aryl methyl sites for hydroxylation is 2. The zero-order chi connectivity index (χ0) is 14.1. The van der Waals surface area contributed by atoms with Crippen molar-refractivity contribution in [2.75, 3.05) is 5.73 Å². The number of aromatic nitrogens is 2. The minimum absolute atomic E-state index is 0.737. The highest BCUT2D eigenvalue weighted by Gasteiger charge is 2.11. The summed E-state index contributed by atoms with van der Waals surface area (Å²) in [5.74, 6) is 0. The van der Waals surface area contributed by atoms with Crippen molar-refractivity contribution in [2.24, 2.45) is 0 Å². The first-order valence-corrected chi connectivity index (χ1v) is 7.39. The van der Waals surface area contributed by atoms with E-state index in [9.17, 15) is 0 Å². The van der Waals surface area contributed by atoms with Crippen LogP contribution in [0.25, 0.3) is 10.6 Å². The van der Waals surface area contributed by atoms with E-state index >= 15 is 0 Å². The Kier molecular flexibility index (Phi) is 3.32. The van der Waals surface area contributed by atoms with E-state index < -0.39 is 0 Å². The molecule has 2 N–H and O–H groups in total. The van der Waals surface area contributed by atoms with Gasteiger partial charge in [0.1, 0.15) is 5.69 Å². The molecule has 0 fully saturated rings. The van der Waals surface area contributed by atoms with Crippen molar-refractivity contribution in [2.45, 2.75) is 20.4 Å². The maximum atomic E-state index is 6.10. The van der Waals surface area contributed by atoms with Crippen LogP contribution >= 0.6 is 11.3 Å². The quantitative estimate of drug-likeness (QED) is 0.793. The second-order valence-corrected chi connectivity index (χ2v) is 6.26. The molecule has 0 aliphatic heterocycles. The van der Waals surface area contributed by atoms with Gasteiger partial charge in [-0.05, 0) is 37.1 Å². The monoisotopic (exact) mass is 283 g/mol. The Morgan fingerprint density at radius 3 is 2.65 bits per heavy atom. The lowest BCUT2D eigenvalue weighted by Gasteiger charge is -2.05. The summed E-state index contributed by atoms with van der Waals surface area (Å²) in [6, 6.07) is 12.5. The molecule has 0 spiro atoms. The van der Waals surface area contributed by atoms with E-state index in [4.69, 9.17) is 5.73 Å². The first kappa shape index (κ1) is 12.9. The zero-order valence-electron chi connectivity index (χ0n) is 11.6. The van der Waals surface area contributed by atoms with Gasteiger partial charge in [0.2, 0.25) is 0 Å². The minimum Gasteiger partial charge on any atom is -0.396 e. The molecule has 0 saturated heterocycles. The summed E-state index contributed by atoms with van der Waals surface area (Å²) >= 11 is 1.72. The second kappa shape index (κ2) is 5.13. The molecule has 3 aromatic rings. The average molecular weight is 283 g/mol. The van der Waals surface area contributed by atoms with Crippen LogP contribution in [0.15, 0.2) is 42.6 Å². The molecule has 0 atom stereocenters. The van der Waals surface area contributed by atoms with Gasteiger partial charge in [-0.3, -0.25) is 4.68 Å². The van der Waals surface area contributed by atoms with Crippen molar-refractivity contribution in [3.63, 3.8) is 0 Å². The Morgan fingerprint density at radius 1 is 1.15 bits per heavy atom. The van der Waals surface area contributed by atoms with Crippen molar-refractivity contribution < 1.29 is 0 Å². The second-order valence-electron chi connectivity index (χ2n) is 4.97. The number of thiophene rings is 1. The molecule has 3 nitrogen and oxygen atoms in total. The van der Waals surface area contributed by atoms with Crippen LogP contribution in [0.1, 0.15) is 16.0 Å². The fraction of sp³-hybridized carbons (Fsp3) is 0.188. The van der Waals surface area contributed by atoms with E-state index in [1.165, 1.54) is 16.0 Å². The molecule has 0 aliphatic rings. The van der Waals surface area contributed by atoms with Crippen LogP contribution in [-0.2, 0) is 6.54 Å². The zero-order valence-corrected chi connectivity index (χ0v) is 12.4. The van der Waals surface area contributed by atoms with E-state index in [1.807, 2.05) is 10.9 Å². The molecule has 20 heavy (non-hydrogen) atoms. The van der Waals surface area contributed by atoms with Gasteiger partial charge in [0.15, 0.2) is 0 Å². The van der Waals surface area contributed by atoms with Gasteiger partial charge >= 0.3 is 0 Å². The third-order valence-electron chi connectivity index (χ3n) is 3.36. The van der Waals surface area contributed by atoms with E-state index in [-0.39, 0.29) is 0 Å². The molecule has 3 rings (SSSR count). The average Bonchev–Trinajstić information content (AvgIpc) is 2.98. The van der Waals surface area contributed by atoms with Crippen LogP contribution in [0.4, 0.5) is 5.69 Å². The highest BCUT2D eigenvalue weighted by atomic mass is 32.1. The fourth-order valence-corrected chi connectivity index (χ4v) is 3.11. The lowest BCUT2D eigenvalue weighted by atomic mass is 10.1. The summed E-state index contributed by atoms with van der Waals surface area (Å²) in [7, 11) is 0. The highest BCUT2D eigenvalue weighted by Crippen LogP contribution is 2.30. The number of anilines is 1. The largest absolute Gasteiger partial charge is 0.396 e. The van der Waals surface area contributed by atoms with Crippen molar-refractivity contribution in [3.05, 3.63) is 58.6 Å². The molecular formula is C16H17N3S. The molecule has 0 amide bonds. The fourth-order valence-electron chi connectivity index (χ4n) is 2.23. The number of nitrogens with zero attached hydrogens (tertiary/aromatic N) is 2. The van der Waals surface area contributed by atoms with Gasteiger partial charge < -0.3 is 5.73 Å². The van der Waals surface area contributed by atoms with Crippen LogP contribution in [0.3, 0.4) is 0 Å². The number of hydrogen-bond donors (Lipinski definition) is 1. The van der Waals surface area contributed by atoms with Crippen LogP contribution < -0.4 is 5.73 Å². The molecule has 0 aliphatic carbocycles. The third-order valence-corrected chi connectivity index (χ3v) is 4.36. The lowest BCUT2D eigenvalue weighted by molar-refractivity contribution is 0.687. The van der Waals surface area contributed by atoms with Crippen LogP contribution in [-0.4, -0.2) is 9.78 Å². The van der Waals surface area contributed by atoms with Gasteiger partial charge in [0, 0.05) is 11.1 Å². The maximum absolute atomic E-state index is 6.10. The standard InChI is InChI=1S/C16H17N3S/c1-11-5-3-4-6-13(11)9-19-10-14(17)16(18-19)15-8-7-12(2)20-15/h3-8,10H,9,17H2,1-2H3. The Bertz CT molecular complexity index is 740. The first-order valence-electron chi connectivity index (χ1n) is 6.58. The Hall–Kier alpha value is -2.07. The van der Waals surface area contributed by atoms with Gasteiger partial charge in [-0.15, -0.1) is 11.3 Å². The van der Waals surface area contributed by atoms with Crippen molar-refractivity contribution in [1.82, 2.24) is 9.78 Å². The summed E-state index contributed by atoms with van der Waals surface area (Å²) in [4.78, 5) is 2.40. The lowest BCUT2D eigenvalue weighted by Crippen LogP contribution is -2.01. The topological polar surface area (TPSA) is 43.8 Å². The highest BCUT2D eigenvalue weighted by molar-refractivity contribution is 7.15. The Balaban J connectivity index is 1.91. The molecule has 0 bridgehead atoms. The van der Waals surface area contributed by atoms with Crippen LogP contribution in [0, 0.1) is 13.8 Å². The summed E-state index contributed by atoms with van der Waals surface area (Å²) in [6.45, 7) is 4.96. The molecule has 1 aromatic carbocycles. The first-order chi connectivity index (χ1) is 9.63. The predicted octanol–water partition coefficient (Wildman–Crippen LogP) is 3.86. The maximum Gasteiger partial charge on any atom is 0.125 e. The summed E-state index contributed by atoms with van der Waals surface area (Å²) in [5.41, 5.74) is 10.3. The molecule has 2 heterocycles. The SMILES string of the molecule is Cc1ccc(-c2nn(Cc3ccccc3C)cc2N)s1. The van der Waals surface area contributed by atoms with E-state index in [1.54, 1.807) is 11.3 Å². The van der Waals surface area contributed by atoms with Crippen molar-refractivity contribution >= 4 is 17.0 Å². The van der Waals surface area contributed by atoms with Gasteiger partial charge in [0.05, 0.1) is 17.1 Å². The molecule has 0 radical (unpaired) electrons. The minimum atomic E-state index is 0.737. The van der Waals surface area contributed by atoms with Gasteiger partial charge in [-0.25, -0.2) is 0 Å². The van der Waals surface area contributed by atoms with Gasteiger partial charge in [-0.1, -0.05) is 24.3 Å². The van der Waals surface area contributed by atoms with Crippen LogP contribution in [0.5, 0.6) is 0 Å². The molecule has 102 valence electrons. The summed E-state index contributed by atoms with van der Waals surface area (Å²) in [6.07, 6.45) is 1.91. The van der Waals surface area contributed by atoms with Gasteiger partial charge in [0.25, 0.3) is 0 Å². The Morgan fingerprint density at radius 2 is 1.95 bits per heavy atom. The number of benzene rings is 1. The molecular weight excluding hydrogens is 266 g/mol. The third kappa shape index (κ3) is 2.47. The number of nitrogens with two attached hydrogens (primary N) is 1. The Labute approximate surface area is 122 Å². The van der Waals surface area contributed by atoms with E-state index in [2.05, 4.69) is 55.3 Å². The van der Waals surface area contributed by atoms with Crippen molar-refractivity contribution in [3.8, 4) is 10.6 Å². The smallest absolute Gasteiger partial charge is 0.125 e. The number of hydrogen-bond acceptors (Lipinski definition) is 3.